The fourth-order valence-corrected chi connectivity index (χ4v) is 2.60. The Kier molecular flexibility index (Phi) is 4.35. The van der Waals surface area contributed by atoms with Gasteiger partial charge in [0.2, 0.25) is 0 Å². The predicted octanol–water partition coefficient (Wildman–Crippen LogP) is 4.75. The minimum absolute atomic E-state index is 0.185. The number of aromatic nitrogens is 1. The van der Waals surface area contributed by atoms with Gasteiger partial charge in [0, 0.05) is 18.4 Å². The van der Waals surface area contributed by atoms with Gasteiger partial charge in [-0.15, -0.1) is 0 Å². The van der Waals surface area contributed by atoms with Crippen molar-refractivity contribution in [2.75, 3.05) is 0 Å². The molecule has 0 aliphatic carbocycles. The van der Waals surface area contributed by atoms with Crippen LogP contribution >= 0.6 is 0 Å². The molecule has 2 atom stereocenters. The summed E-state index contributed by atoms with van der Waals surface area (Å²) in [4.78, 5) is 4.05. The molecule has 3 heteroatoms. The van der Waals surface area contributed by atoms with E-state index < -0.39 is 0 Å². The monoisotopic (exact) mass is 292 g/mol. The van der Waals surface area contributed by atoms with Gasteiger partial charge in [-0.2, -0.15) is 0 Å². The summed E-state index contributed by atoms with van der Waals surface area (Å²) in [6, 6.07) is 17.0. The van der Waals surface area contributed by atoms with Crippen molar-refractivity contribution in [3.63, 3.8) is 0 Å². The third-order valence-electron chi connectivity index (χ3n) is 3.89. The van der Waals surface area contributed by atoms with Gasteiger partial charge in [-0.1, -0.05) is 24.3 Å². The normalized spacial score (nSPS) is 13.7. The number of hydrogen-bond acceptors (Lipinski definition) is 3. The number of rotatable bonds is 5. The summed E-state index contributed by atoms with van der Waals surface area (Å²) in [6.07, 6.45) is 5.35. The van der Waals surface area contributed by atoms with Crippen molar-refractivity contribution >= 4 is 0 Å². The lowest BCUT2D eigenvalue weighted by Gasteiger charge is -2.19. The van der Waals surface area contributed by atoms with Crippen molar-refractivity contribution in [1.29, 1.82) is 0 Å². The third-order valence-corrected chi connectivity index (χ3v) is 3.89. The molecule has 1 aromatic carbocycles. The molecular formula is C19H20N2O. The molecule has 22 heavy (non-hydrogen) atoms. The van der Waals surface area contributed by atoms with E-state index in [4.69, 9.17) is 4.42 Å². The van der Waals surface area contributed by atoms with E-state index in [0.29, 0.717) is 0 Å². The summed E-state index contributed by atoms with van der Waals surface area (Å²) < 4.78 is 5.44. The topological polar surface area (TPSA) is 38.1 Å². The van der Waals surface area contributed by atoms with Crippen LogP contribution < -0.4 is 5.32 Å². The van der Waals surface area contributed by atoms with Crippen molar-refractivity contribution in [3.05, 3.63) is 78.5 Å². The summed E-state index contributed by atoms with van der Waals surface area (Å²) in [7, 11) is 0. The lowest BCUT2D eigenvalue weighted by atomic mass is 10.0. The third kappa shape index (κ3) is 3.26. The van der Waals surface area contributed by atoms with Gasteiger partial charge >= 0.3 is 0 Å². The quantitative estimate of drug-likeness (QED) is 0.737. The number of hydrogen-bond donors (Lipinski definition) is 1. The van der Waals surface area contributed by atoms with Crippen LogP contribution in [-0.2, 0) is 0 Å². The summed E-state index contributed by atoms with van der Waals surface area (Å²) in [6.45, 7) is 4.28. The molecule has 0 fully saturated rings. The van der Waals surface area contributed by atoms with Crippen LogP contribution in [0.1, 0.15) is 37.3 Å². The van der Waals surface area contributed by atoms with Crippen LogP contribution in [0, 0.1) is 0 Å². The van der Waals surface area contributed by atoms with Crippen LogP contribution in [0.4, 0.5) is 0 Å². The summed E-state index contributed by atoms with van der Waals surface area (Å²) >= 11 is 0. The van der Waals surface area contributed by atoms with Gasteiger partial charge in [0.15, 0.2) is 0 Å². The number of nitrogens with zero attached hydrogens (tertiary/aromatic N) is 1. The lowest BCUT2D eigenvalue weighted by molar-refractivity contribution is 0.403. The molecule has 0 spiro atoms. The van der Waals surface area contributed by atoms with Crippen molar-refractivity contribution in [3.8, 4) is 11.1 Å². The SMILES string of the molecule is CC(NC(C)c1ccco1)c1ccc(-c2ccncc2)cc1. The summed E-state index contributed by atoms with van der Waals surface area (Å²) in [5.74, 6) is 0.959. The van der Waals surface area contributed by atoms with E-state index in [9.17, 15) is 0 Å². The van der Waals surface area contributed by atoms with E-state index in [1.165, 1.54) is 16.7 Å². The van der Waals surface area contributed by atoms with E-state index in [2.05, 4.69) is 48.4 Å². The molecule has 0 amide bonds. The molecule has 2 heterocycles. The highest BCUT2D eigenvalue weighted by Crippen LogP contribution is 2.23. The Balaban J connectivity index is 1.70. The van der Waals surface area contributed by atoms with Gasteiger partial charge in [-0.05, 0) is 54.8 Å². The zero-order valence-electron chi connectivity index (χ0n) is 12.9. The number of furan rings is 1. The molecule has 3 rings (SSSR count). The first-order chi connectivity index (χ1) is 10.7. The van der Waals surface area contributed by atoms with Crippen molar-refractivity contribution < 1.29 is 4.42 Å². The average Bonchev–Trinajstić information content (AvgIpc) is 3.10. The minimum Gasteiger partial charge on any atom is -0.468 e. The fourth-order valence-electron chi connectivity index (χ4n) is 2.60. The van der Waals surface area contributed by atoms with Gasteiger partial charge in [0.25, 0.3) is 0 Å². The zero-order valence-corrected chi connectivity index (χ0v) is 12.9. The standard InChI is InChI=1S/C19H20N2O/c1-14(21-15(2)19-4-3-13-22-19)16-5-7-17(8-6-16)18-9-11-20-12-10-18/h3-15,21H,1-2H3. The second-order valence-electron chi connectivity index (χ2n) is 5.48. The molecule has 2 unspecified atom stereocenters. The molecule has 3 aromatic rings. The molecule has 3 nitrogen and oxygen atoms in total. The lowest BCUT2D eigenvalue weighted by Crippen LogP contribution is -2.22. The first-order valence-electron chi connectivity index (χ1n) is 7.54. The summed E-state index contributed by atoms with van der Waals surface area (Å²) in [5.41, 5.74) is 3.65. The van der Waals surface area contributed by atoms with Gasteiger partial charge < -0.3 is 9.73 Å². The highest BCUT2D eigenvalue weighted by atomic mass is 16.3. The highest BCUT2D eigenvalue weighted by Gasteiger charge is 2.13. The number of pyridine rings is 1. The van der Waals surface area contributed by atoms with Crippen molar-refractivity contribution in [2.45, 2.75) is 25.9 Å². The molecule has 0 radical (unpaired) electrons. The van der Waals surface area contributed by atoms with Crippen LogP contribution in [0.3, 0.4) is 0 Å². The van der Waals surface area contributed by atoms with Gasteiger partial charge in [0.1, 0.15) is 5.76 Å². The largest absolute Gasteiger partial charge is 0.468 e. The Morgan fingerprint density at radius 3 is 2.18 bits per heavy atom. The Hall–Kier alpha value is -2.39. The molecule has 112 valence electrons. The highest BCUT2D eigenvalue weighted by molar-refractivity contribution is 5.62. The molecule has 0 saturated heterocycles. The van der Waals surface area contributed by atoms with Crippen molar-refractivity contribution in [1.82, 2.24) is 10.3 Å². The summed E-state index contributed by atoms with van der Waals surface area (Å²) in [5, 5.41) is 3.55. The van der Waals surface area contributed by atoms with Crippen LogP contribution in [0.2, 0.25) is 0 Å². The van der Waals surface area contributed by atoms with E-state index in [1.807, 2.05) is 36.7 Å². The fraction of sp³-hybridized carbons (Fsp3) is 0.211. The molecular weight excluding hydrogens is 272 g/mol. The van der Waals surface area contributed by atoms with Crippen LogP contribution in [-0.4, -0.2) is 4.98 Å². The molecule has 1 N–H and O–H groups in total. The van der Waals surface area contributed by atoms with Crippen LogP contribution in [0.15, 0.2) is 71.6 Å². The van der Waals surface area contributed by atoms with Crippen LogP contribution in [0.5, 0.6) is 0 Å². The molecule has 0 bridgehead atoms. The molecule has 0 aliphatic heterocycles. The van der Waals surface area contributed by atoms with Gasteiger partial charge in [-0.25, -0.2) is 0 Å². The Morgan fingerprint density at radius 2 is 1.55 bits per heavy atom. The second-order valence-corrected chi connectivity index (χ2v) is 5.48. The Morgan fingerprint density at radius 1 is 0.864 bits per heavy atom. The van der Waals surface area contributed by atoms with Crippen LogP contribution in [0.25, 0.3) is 11.1 Å². The Labute approximate surface area is 131 Å². The molecule has 2 aromatic heterocycles. The smallest absolute Gasteiger partial charge is 0.120 e. The van der Waals surface area contributed by atoms with E-state index in [0.717, 1.165) is 5.76 Å². The van der Waals surface area contributed by atoms with Gasteiger partial charge in [-0.3, -0.25) is 4.98 Å². The Bertz CT molecular complexity index is 690. The molecule has 0 aliphatic rings. The molecule has 0 saturated carbocycles. The maximum Gasteiger partial charge on any atom is 0.120 e. The van der Waals surface area contributed by atoms with Crippen molar-refractivity contribution in [2.24, 2.45) is 0 Å². The average molecular weight is 292 g/mol. The zero-order chi connectivity index (χ0) is 15.4. The van der Waals surface area contributed by atoms with E-state index >= 15 is 0 Å². The van der Waals surface area contributed by atoms with Gasteiger partial charge in [0.05, 0.1) is 12.3 Å². The maximum absolute atomic E-state index is 5.44. The first kappa shape index (κ1) is 14.5. The minimum atomic E-state index is 0.185. The number of benzene rings is 1. The predicted molar refractivity (Wildman–Crippen MR) is 88.3 cm³/mol. The van der Waals surface area contributed by atoms with E-state index in [1.54, 1.807) is 6.26 Å². The number of nitrogens with one attached hydrogen (secondary N) is 1. The maximum atomic E-state index is 5.44. The second kappa shape index (κ2) is 6.58. The van der Waals surface area contributed by atoms with E-state index in [-0.39, 0.29) is 12.1 Å². The first-order valence-corrected chi connectivity index (χ1v) is 7.54.